The highest BCUT2D eigenvalue weighted by atomic mass is 16.2. The molecule has 1 N–H and O–H groups in total. The van der Waals surface area contributed by atoms with E-state index in [0.29, 0.717) is 5.95 Å². The molecular formula is C21H25N5O. The van der Waals surface area contributed by atoms with Gasteiger partial charge in [-0.3, -0.25) is 9.79 Å². The summed E-state index contributed by atoms with van der Waals surface area (Å²) in [4.78, 5) is 26.9. The van der Waals surface area contributed by atoms with Crippen molar-refractivity contribution in [2.24, 2.45) is 16.8 Å². The number of aromatic nitrogens is 2. The Morgan fingerprint density at radius 2 is 1.89 bits per heavy atom. The zero-order valence-electron chi connectivity index (χ0n) is 15.6. The maximum atomic E-state index is 12.4. The van der Waals surface area contributed by atoms with Crippen LogP contribution in [0.3, 0.4) is 0 Å². The van der Waals surface area contributed by atoms with Crippen molar-refractivity contribution < 1.29 is 6.22 Å². The molecule has 1 heterocycles. The molecule has 2 unspecified atom stereocenters. The van der Waals surface area contributed by atoms with Crippen LogP contribution >= 0.6 is 0 Å². The summed E-state index contributed by atoms with van der Waals surface area (Å²) in [6.07, 6.45) is 7.85. The number of hydrogen-bond donors (Lipinski definition) is 1. The Kier molecular flexibility index (Phi) is 5.45. The van der Waals surface area contributed by atoms with Gasteiger partial charge in [0.05, 0.1) is 0 Å². The predicted octanol–water partition coefficient (Wildman–Crippen LogP) is 3.80. The van der Waals surface area contributed by atoms with Gasteiger partial charge in [-0.1, -0.05) is 24.8 Å². The van der Waals surface area contributed by atoms with Crippen molar-refractivity contribution in [1.29, 1.82) is 0 Å². The van der Waals surface area contributed by atoms with Gasteiger partial charge in [-0.25, -0.2) is 9.97 Å². The number of carbonyl (C=O) groups excluding carboxylic acids is 1. The molecule has 6 nitrogen and oxygen atoms in total. The number of nitrogens with zero attached hydrogens (tertiary/aromatic N) is 4. The fraction of sp³-hybridized carbons (Fsp3) is 0.238. The van der Waals surface area contributed by atoms with Crippen LogP contribution in [0.5, 0.6) is 0 Å². The summed E-state index contributed by atoms with van der Waals surface area (Å²) in [6.45, 7) is 7.23. The van der Waals surface area contributed by atoms with Gasteiger partial charge in [0.2, 0.25) is 11.9 Å². The van der Waals surface area contributed by atoms with Gasteiger partial charge < -0.3 is 10.2 Å². The number of carbonyl (C=O) groups is 1. The monoisotopic (exact) mass is 363 g/mol. The first-order chi connectivity index (χ1) is 13.0. The first kappa shape index (κ1) is 18.5. The van der Waals surface area contributed by atoms with Crippen LogP contribution in [0.15, 0.2) is 66.1 Å². The standard InChI is InChI=1S/C21H23N5O.H2/c1-5-6-19(22-2)17-11-18(17)20(27)25-16-9-7-14(8-10-16)15-12-23-21(24-13-15)26(3)4;/h5-10,12-13,17-18H,1-2,11H2,3-4H3,(H,25,27);1H/b19-6-;. The number of nitrogens with one attached hydrogen (secondary N) is 1. The molecule has 3 rings (SSSR count). The predicted molar refractivity (Wildman–Crippen MR) is 112 cm³/mol. The minimum Gasteiger partial charge on any atom is -0.347 e. The summed E-state index contributed by atoms with van der Waals surface area (Å²) in [5.74, 6) is 0.742. The van der Waals surface area contributed by atoms with Crippen LogP contribution in [0, 0.1) is 11.8 Å². The molecule has 27 heavy (non-hydrogen) atoms. The smallest absolute Gasteiger partial charge is 0.228 e. The van der Waals surface area contributed by atoms with Crippen LogP contribution in [0.25, 0.3) is 11.1 Å². The molecule has 1 aliphatic rings. The lowest BCUT2D eigenvalue weighted by molar-refractivity contribution is -0.117. The van der Waals surface area contributed by atoms with Gasteiger partial charge >= 0.3 is 0 Å². The molecule has 1 aromatic heterocycles. The molecule has 1 amide bonds. The molecule has 140 valence electrons. The van der Waals surface area contributed by atoms with Crippen LogP contribution in [0.2, 0.25) is 0 Å². The summed E-state index contributed by atoms with van der Waals surface area (Å²) in [7, 11) is 3.80. The van der Waals surface area contributed by atoms with Gasteiger partial charge in [0.1, 0.15) is 0 Å². The van der Waals surface area contributed by atoms with Gasteiger partial charge in [0, 0.05) is 56.7 Å². The highest BCUT2D eigenvalue weighted by molar-refractivity contribution is 5.95. The average Bonchev–Trinajstić information content (AvgIpc) is 3.47. The van der Waals surface area contributed by atoms with Crippen molar-refractivity contribution in [2.45, 2.75) is 6.42 Å². The largest absolute Gasteiger partial charge is 0.347 e. The van der Waals surface area contributed by atoms with Crippen LogP contribution in [0.1, 0.15) is 7.85 Å². The summed E-state index contributed by atoms with van der Waals surface area (Å²) in [5.41, 5.74) is 3.51. The Morgan fingerprint density at radius 1 is 1.22 bits per heavy atom. The van der Waals surface area contributed by atoms with Crippen LogP contribution < -0.4 is 10.2 Å². The molecule has 1 aliphatic carbocycles. The third-order valence-electron chi connectivity index (χ3n) is 4.50. The highest BCUT2D eigenvalue weighted by Gasteiger charge is 2.45. The number of benzene rings is 1. The fourth-order valence-electron chi connectivity index (χ4n) is 2.91. The minimum absolute atomic E-state index is 0. The van der Waals surface area contributed by atoms with Gasteiger partial charge in [0.25, 0.3) is 0 Å². The summed E-state index contributed by atoms with van der Waals surface area (Å²) in [6, 6.07) is 7.66. The second-order valence-corrected chi connectivity index (χ2v) is 6.67. The Morgan fingerprint density at radius 3 is 2.44 bits per heavy atom. The van der Waals surface area contributed by atoms with Gasteiger partial charge in [-0.2, -0.15) is 0 Å². The van der Waals surface area contributed by atoms with Crippen molar-refractivity contribution in [1.82, 2.24) is 9.97 Å². The lowest BCUT2D eigenvalue weighted by Crippen LogP contribution is -2.15. The van der Waals surface area contributed by atoms with Crippen molar-refractivity contribution in [3.05, 3.63) is 61.1 Å². The maximum Gasteiger partial charge on any atom is 0.228 e. The molecule has 0 radical (unpaired) electrons. The quantitative estimate of drug-likeness (QED) is 0.600. The van der Waals surface area contributed by atoms with Crippen LogP contribution in [0.4, 0.5) is 11.6 Å². The van der Waals surface area contributed by atoms with Crippen molar-refractivity contribution in [3.63, 3.8) is 0 Å². The third kappa shape index (κ3) is 4.28. The number of amides is 1. The Hall–Kier alpha value is -3.28. The molecular weight excluding hydrogens is 338 g/mol. The van der Waals surface area contributed by atoms with Crippen LogP contribution in [-0.2, 0) is 4.79 Å². The Labute approximate surface area is 160 Å². The third-order valence-corrected chi connectivity index (χ3v) is 4.50. The highest BCUT2D eigenvalue weighted by Crippen LogP contribution is 2.45. The number of hydrogen-bond acceptors (Lipinski definition) is 5. The molecule has 6 heteroatoms. The van der Waals surface area contributed by atoms with E-state index in [4.69, 9.17) is 0 Å². The van der Waals surface area contributed by atoms with Crippen molar-refractivity contribution >= 4 is 24.3 Å². The first-order valence-electron chi connectivity index (χ1n) is 8.73. The molecule has 0 saturated heterocycles. The first-order valence-corrected chi connectivity index (χ1v) is 8.73. The minimum atomic E-state index is -0.0617. The second kappa shape index (κ2) is 7.95. The van der Waals surface area contributed by atoms with Crippen LogP contribution in [-0.4, -0.2) is 36.7 Å². The lowest BCUT2D eigenvalue weighted by atomic mass is 10.1. The zero-order chi connectivity index (χ0) is 19.4. The number of allylic oxidation sites excluding steroid dienone is 3. The van der Waals surface area contributed by atoms with E-state index in [0.717, 1.165) is 28.9 Å². The van der Waals surface area contributed by atoms with Gasteiger partial charge in [-0.05, 0) is 36.9 Å². The lowest BCUT2D eigenvalue weighted by Gasteiger charge is -2.10. The fourth-order valence-corrected chi connectivity index (χ4v) is 2.91. The topological polar surface area (TPSA) is 70.5 Å². The molecule has 1 saturated carbocycles. The molecule has 0 bridgehead atoms. The van der Waals surface area contributed by atoms with Gasteiger partial charge in [-0.15, -0.1) is 0 Å². The van der Waals surface area contributed by atoms with E-state index < -0.39 is 0 Å². The molecule has 0 spiro atoms. The van der Waals surface area contributed by atoms with E-state index in [2.05, 4.69) is 33.6 Å². The van der Waals surface area contributed by atoms with E-state index in [1.54, 1.807) is 18.5 Å². The van der Waals surface area contributed by atoms with Crippen molar-refractivity contribution in [2.75, 3.05) is 24.3 Å². The molecule has 1 fully saturated rings. The van der Waals surface area contributed by atoms with E-state index >= 15 is 0 Å². The molecule has 2 atom stereocenters. The number of anilines is 2. The van der Waals surface area contributed by atoms with E-state index in [1.807, 2.05) is 49.3 Å². The second-order valence-electron chi connectivity index (χ2n) is 6.67. The Bertz CT molecular complexity index is 875. The maximum absolute atomic E-state index is 12.4. The van der Waals surface area contributed by atoms with E-state index in [1.165, 1.54) is 0 Å². The average molecular weight is 363 g/mol. The number of rotatable bonds is 7. The van der Waals surface area contributed by atoms with E-state index in [-0.39, 0.29) is 19.2 Å². The van der Waals surface area contributed by atoms with E-state index in [9.17, 15) is 4.79 Å². The molecule has 2 aromatic rings. The normalized spacial score (nSPS) is 18.5. The summed E-state index contributed by atoms with van der Waals surface area (Å²) < 4.78 is 0. The van der Waals surface area contributed by atoms with Crippen molar-refractivity contribution in [3.8, 4) is 11.1 Å². The molecule has 0 aliphatic heterocycles. The SMILES string of the molecule is C=C/C=C(\N=C)C1CC1C(=O)Nc1ccc(-c2cnc(N(C)C)nc2)cc1.[HH]. The summed E-state index contributed by atoms with van der Waals surface area (Å²) in [5, 5.41) is 2.97. The number of aliphatic imine (C=N–C) groups is 1. The zero-order valence-corrected chi connectivity index (χ0v) is 15.6. The molecule has 1 aromatic carbocycles. The summed E-state index contributed by atoms with van der Waals surface area (Å²) >= 11 is 0. The van der Waals surface area contributed by atoms with Gasteiger partial charge in [0.15, 0.2) is 0 Å². The Balaban J connectivity index is 0.00000280.